The van der Waals surface area contributed by atoms with Crippen molar-refractivity contribution in [3.05, 3.63) is 71.8 Å². The molecule has 0 bridgehead atoms. The quantitative estimate of drug-likeness (QED) is 0.177. The Morgan fingerprint density at radius 1 is 0.459 bits per heavy atom. The van der Waals surface area contributed by atoms with Crippen LogP contribution in [0.15, 0.2) is 60.7 Å². The Bertz CT molecular complexity index is 1730. The topological polar surface area (TPSA) is 143 Å². The maximum absolute atomic E-state index is 14.7. The fourth-order valence-electron chi connectivity index (χ4n) is 8.43. The minimum absolute atomic E-state index is 0.0146. The van der Waals surface area contributed by atoms with E-state index in [4.69, 9.17) is 0 Å². The SMILES string of the molecule is CN[C@H](C(=O)N(C)[C@H](C(=O)N(C)[C@H](C(=O)N(C)[C@H](C(=O)N(C)[C@H](C(=O)N(C)[C@@H](Cc1ccccc1)C(=O)NCCc1ccccc1)C(C)C)C(C)C)C(C)C)C(C)C)C(C)C. The van der Waals surface area contributed by atoms with Gasteiger partial charge in [-0.05, 0) is 54.2 Å². The van der Waals surface area contributed by atoms with Crippen molar-refractivity contribution in [2.24, 2.45) is 29.6 Å². The number of carbonyl (C=O) groups excluding carboxylic acids is 6. The molecule has 0 spiro atoms. The minimum atomic E-state index is -0.990. The van der Waals surface area contributed by atoms with E-state index in [1.165, 1.54) is 24.5 Å². The molecule has 61 heavy (non-hydrogen) atoms. The predicted octanol–water partition coefficient (Wildman–Crippen LogP) is 4.59. The van der Waals surface area contributed by atoms with E-state index >= 15 is 0 Å². The molecule has 6 atom stereocenters. The summed E-state index contributed by atoms with van der Waals surface area (Å²) < 4.78 is 0. The molecule has 0 saturated heterocycles. The molecular formula is C48H77N7O6. The van der Waals surface area contributed by atoms with Crippen LogP contribution < -0.4 is 10.6 Å². The number of benzene rings is 2. The van der Waals surface area contributed by atoms with Gasteiger partial charge in [0.1, 0.15) is 30.2 Å². The van der Waals surface area contributed by atoms with Gasteiger partial charge < -0.3 is 35.1 Å². The molecule has 340 valence electrons. The molecule has 2 aromatic rings. The molecule has 0 heterocycles. The third kappa shape index (κ3) is 13.6. The molecule has 6 amide bonds. The Hall–Kier alpha value is -4.78. The van der Waals surface area contributed by atoms with Gasteiger partial charge >= 0.3 is 0 Å². The van der Waals surface area contributed by atoms with Crippen LogP contribution >= 0.6 is 0 Å². The Balaban J connectivity index is 2.44. The summed E-state index contributed by atoms with van der Waals surface area (Å²) in [5.41, 5.74) is 1.96. The average Bonchev–Trinajstić information content (AvgIpc) is 3.19. The fraction of sp³-hybridized carbons (Fsp3) is 0.625. The van der Waals surface area contributed by atoms with Crippen LogP contribution in [0.2, 0.25) is 0 Å². The van der Waals surface area contributed by atoms with Gasteiger partial charge in [-0.3, -0.25) is 28.8 Å². The summed E-state index contributed by atoms with van der Waals surface area (Å²) in [6.45, 7) is 19.1. The van der Waals surface area contributed by atoms with Gasteiger partial charge in [-0.1, -0.05) is 130 Å². The summed E-state index contributed by atoms with van der Waals surface area (Å²) >= 11 is 0. The van der Waals surface area contributed by atoms with Gasteiger partial charge in [0.15, 0.2) is 0 Å². The van der Waals surface area contributed by atoms with Gasteiger partial charge in [0.25, 0.3) is 0 Å². The van der Waals surface area contributed by atoms with Crippen molar-refractivity contribution in [2.45, 2.75) is 118 Å². The molecule has 13 nitrogen and oxygen atoms in total. The van der Waals surface area contributed by atoms with Crippen LogP contribution in [0.1, 0.15) is 80.4 Å². The maximum Gasteiger partial charge on any atom is 0.246 e. The van der Waals surface area contributed by atoms with E-state index < -0.39 is 54.0 Å². The molecule has 0 aliphatic heterocycles. The first-order valence-corrected chi connectivity index (χ1v) is 21.9. The fourth-order valence-corrected chi connectivity index (χ4v) is 8.43. The number of amides is 6. The molecule has 0 unspecified atom stereocenters. The van der Waals surface area contributed by atoms with Gasteiger partial charge in [-0.25, -0.2) is 0 Å². The van der Waals surface area contributed by atoms with E-state index in [-0.39, 0.29) is 53.7 Å². The van der Waals surface area contributed by atoms with E-state index in [9.17, 15) is 28.8 Å². The van der Waals surface area contributed by atoms with Crippen LogP contribution in [0.3, 0.4) is 0 Å². The third-order valence-corrected chi connectivity index (χ3v) is 11.8. The van der Waals surface area contributed by atoms with Crippen LogP contribution in [0, 0.1) is 29.6 Å². The lowest BCUT2D eigenvalue weighted by Gasteiger charge is -2.42. The van der Waals surface area contributed by atoms with Gasteiger partial charge in [0, 0.05) is 48.2 Å². The van der Waals surface area contributed by atoms with E-state index in [0.717, 1.165) is 11.1 Å². The molecule has 0 radical (unpaired) electrons. The Morgan fingerprint density at radius 2 is 0.787 bits per heavy atom. The van der Waals surface area contributed by atoms with Crippen molar-refractivity contribution in [1.29, 1.82) is 0 Å². The molecule has 0 aromatic heterocycles. The van der Waals surface area contributed by atoms with Crippen molar-refractivity contribution in [1.82, 2.24) is 35.1 Å². The predicted molar refractivity (Wildman–Crippen MR) is 243 cm³/mol. The minimum Gasteiger partial charge on any atom is -0.354 e. The molecule has 2 N–H and O–H groups in total. The molecule has 2 aromatic carbocycles. The summed E-state index contributed by atoms with van der Waals surface area (Å²) in [7, 11) is 9.66. The smallest absolute Gasteiger partial charge is 0.246 e. The normalized spacial score (nSPS) is 14.6. The van der Waals surface area contributed by atoms with E-state index in [1.54, 1.807) is 42.3 Å². The van der Waals surface area contributed by atoms with Crippen molar-refractivity contribution in [2.75, 3.05) is 48.8 Å². The molecule has 13 heteroatoms. The van der Waals surface area contributed by atoms with Gasteiger partial charge in [0.2, 0.25) is 35.4 Å². The number of rotatable bonds is 22. The summed E-state index contributed by atoms with van der Waals surface area (Å²) in [6.07, 6.45) is 0.899. The summed E-state index contributed by atoms with van der Waals surface area (Å²) in [6, 6.07) is 14.2. The lowest BCUT2D eigenvalue weighted by Crippen LogP contribution is -2.63. The lowest BCUT2D eigenvalue weighted by atomic mass is 9.93. The highest BCUT2D eigenvalue weighted by molar-refractivity contribution is 5.97. The number of nitrogens with one attached hydrogen (secondary N) is 2. The second-order valence-corrected chi connectivity index (χ2v) is 18.2. The van der Waals surface area contributed by atoms with Gasteiger partial charge in [-0.2, -0.15) is 0 Å². The van der Waals surface area contributed by atoms with Gasteiger partial charge in [-0.15, -0.1) is 0 Å². The number of hydrogen-bond donors (Lipinski definition) is 2. The van der Waals surface area contributed by atoms with Crippen LogP contribution in [-0.4, -0.2) is 145 Å². The third-order valence-electron chi connectivity index (χ3n) is 11.8. The highest BCUT2D eigenvalue weighted by atomic mass is 16.2. The zero-order valence-electron chi connectivity index (χ0n) is 39.9. The van der Waals surface area contributed by atoms with Gasteiger partial charge in [0.05, 0.1) is 6.04 Å². The number of likely N-dealkylation sites (N-methyl/N-ethyl adjacent to an activating group) is 6. The molecule has 0 aliphatic carbocycles. The highest BCUT2D eigenvalue weighted by Gasteiger charge is 2.44. The van der Waals surface area contributed by atoms with Crippen LogP contribution in [-0.2, 0) is 41.6 Å². The molecule has 2 rings (SSSR count). The number of hydrogen-bond acceptors (Lipinski definition) is 7. The van der Waals surface area contributed by atoms with Crippen molar-refractivity contribution >= 4 is 35.4 Å². The second kappa shape index (κ2) is 24.0. The largest absolute Gasteiger partial charge is 0.354 e. The highest BCUT2D eigenvalue weighted by Crippen LogP contribution is 2.25. The Morgan fingerprint density at radius 3 is 1.11 bits per heavy atom. The van der Waals surface area contributed by atoms with E-state index in [1.807, 2.05) is 130 Å². The first-order chi connectivity index (χ1) is 28.5. The zero-order chi connectivity index (χ0) is 46.5. The van der Waals surface area contributed by atoms with Crippen molar-refractivity contribution < 1.29 is 28.8 Å². The number of carbonyl (C=O) groups is 6. The molecular weight excluding hydrogens is 771 g/mol. The monoisotopic (exact) mass is 848 g/mol. The molecule has 0 aliphatic rings. The maximum atomic E-state index is 14.7. The standard InChI is InChI=1S/C48H77N7O6/c1-30(2)38(49-11)44(57)52(13)40(32(5)6)46(59)54(15)42(34(9)10)48(61)55(16)41(33(7)8)47(60)53(14)39(31(3)4)45(58)51(12)37(29-36-25-21-18-22-26-36)43(56)50-28-27-35-23-19-17-20-24-35/h17-26,30-34,37-42,49H,27-29H2,1-16H3,(H,50,56)/t37-,38-,39-,40-,41-,42-/m0/s1. The summed E-state index contributed by atoms with van der Waals surface area (Å²) in [4.78, 5) is 93.0. The molecule has 0 fully saturated rings. The first-order valence-electron chi connectivity index (χ1n) is 21.9. The van der Waals surface area contributed by atoms with Crippen LogP contribution in [0.5, 0.6) is 0 Å². The van der Waals surface area contributed by atoms with Crippen LogP contribution in [0.4, 0.5) is 0 Å². The second-order valence-electron chi connectivity index (χ2n) is 18.2. The Kier molecular flexibility index (Phi) is 20.6. The van der Waals surface area contributed by atoms with Crippen molar-refractivity contribution in [3.63, 3.8) is 0 Å². The van der Waals surface area contributed by atoms with Crippen molar-refractivity contribution in [3.8, 4) is 0 Å². The summed E-state index contributed by atoms with van der Waals surface area (Å²) in [5.74, 6) is -3.51. The lowest BCUT2D eigenvalue weighted by molar-refractivity contribution is -0.158. The zero-order valence-corrected chi connectivity index (χ0v) is 39.9. The van der Waals surface area contributed by atoms with E-state index in [0.29, 0.717) is 13.0 Å². The average molecular weight is 848 g/mol. The first kappa shape index (κ1) is 52.4. The Labute approximate surface area is 366 Å². The summed E-state index contributed by atoms with van der Waals surface area (Å²) in [5, 5.41) is 6.10. The number of nitrogens with zero attached hydrogens (tertiary/aromatic N) is 5. The van der Waals surface area contributed by atoms with E-state index in [2.05, 4.69) is 10.6 Å². The molecule has 0 saturated carbocycles. The van der Waals surface area contributed by atoms with Crippen LogP contribution in [0.25, 0.3) is 0 Å².